The minimum absolute atomic E-state index is 0.161. The molecule has 3 heterocycles. The van der Waals surface area contributed by atoms with E-state index in [0.29, 0.717) is 18.9 Å². The van der Waals surface area contributed by atoms with Crippen LogP contribution < -0.4 is 9.64 Å². The molecule has 0 aliphatic carbocycles. The van der Waals surface area contributed by atoms with Gasteiger partial charge in [0, 0.05) is 37.9 Å². The first-order valence-electron chi connectivity index (χ1n) is 10.8. The van der Waals surface area contributed by atoms with E-state index in [-0.39, 0.29) is 11.8 Å². The summed E-state index contributed by atoms with van der Waals surface area (Å²) in [5.74, 6) is 2.36. The average Bonchev–Trinajstić information content (AvgIpc) is 3.30. The van der Waals surface area contributed by atoms with E-state index in [0.717, 1.165) is 46.7 Å². The van der Waals surface area contributed by atoms with Crippen LogP contribution in [0.5, 0.6) is 5.75 Å². The Morgan fingerprint density at radius 1 is 1.03 bits per heavy atom. The van der Waals surface area contributed by atoms with Crippen molar-refractivity contribution in [3.8, 4) is 5.75 Å². The second kappa shape index (κ2) is 8.11. The highest BCUT2D eigenvalue weighted by Crippen LogP contribution is 2.27. The third kappa shape index (κ3) is 3.62. The van der Waals surface area contributed by atoms with E-state index in [4.69, 9.17) is 4.74 Å². The van der Waals surface area contributed by atoms with Gasteiger partial charge in [0.25, 0.3) is 5.78 Å². The Bertz CT molecular complexity index is 1290. The molecule has 0 saturated carbocycles. The molecule has 8 nitrogen and oxygen atoms in total. The van der Waals surface area contributed by atoms with Crippen LogP contribution in [-0.4, -0.2) is 63.7 Å². The van der Waals surface area contributed by atoms with Crippen LogP contribution in [0.4, 0.5) is 5.82 Å². The normalized spacial score (nSPS) is 15.3. The van der Waals surface area contributed by atoms with Crippen LogP contribution in [0.2, 0.25) is 0 Å². The van der Waals surface area contributed by atoms with E-state index in [2.05, 4.69) is 32.1 Å². The lowest BCUT2D eigenvalue weighted by molar-refractivity contribution is -0.132. The molecule has 4 aromatic rings. The molecule has 0 unspecified atom stereocenters. The highest BCUT2D eigenvalue weighted by Gasteiger charge is 2.27. The summed E-state index contributed by atoms with van der Waals surface area (Å²) in [5.41, 5.74) is 1.94. The van der Waals surface area contributed by atoms with Gasteiger partial charge in [-0.3, -0.25) is 4.79 Å². The van der Waals surface area contributed by atoms with Crippen LogP contribution in [0, 0.1) is 6.92 Å². The lowest BCUT2D eigenvalue weighted by Gasteiger charge is -2.37. The van der Waals surface area contributed by atoms with Gasteiger partial charge in [-0.15, -0.1) is 0 Å². The van der Waals surface area contributed by atoms with Crippen molar-refractivity contribution in [3.05, 3.63) is 60.0 Å². The van der Waals surface area contributed by atoms with Gasteiger partial charge in [0.2, 0.25) is 5.91 Å². The van der Waals surface area contributed by atoms with Crippen molar-refractivity contribution in [2.24, 2.45) is 0 Å². The largest absolute Gasteiger partial charge is 0.497 e. The Labute approximate surface area is 186 Å². The summed E-state index contributed by atoms with van der Waals surface area (Å²) >= 11 is 0. The van der Waals surface area contributed by atoms with Crippen molar-refractivity contribution in [3.63, 3.8) is 0 Å². The third-order valence-corrected chi connectivity index (χ3v) is 6.22. The van der Waals surface area contributed by atoms with Gasteiger partial charge in [-0.05, 0) is 42.3 Å². The molecular weight excluding hydrogens is 404 g/mol. The highest BCUT2D eigenvalue weighted by molar-refractivity contribution is 5.88. The summed E-state index contributed by atoms with van der Waals surface area (Å²) in [7, 11) is 1.67. The Hall–Kier alpha value is -3.68. The number of hydrogen-bond donors (Lipinski definition) is 0. The second-order valence-corrected chi connectivity index (χ2v) is 8.23. The molecule has 0 bridgehead atoms. The van der Waals surface area contributed by atoms with Crippen LogP contribution >= 0.6 is 0 Å². The molecule has 1 amide bonds. The Morgan fingerprint density at radius 2 is 1.78 bits per heavy atom. The summed E-state index contributed by atoms with van der Waals surface area (Å²) in [5, 5.41) is 6.52. The number of rotatable bonds is 4. The van der Waals surface area contributed by atoms with E-state index < -0.39 is 0 Å². The lowest BCUT2D eigenvalue weighted by Crippen LogP contribution is -2.50. The van der Waals surface area contributed by atoms with Crippen molar-refractivity contribution in [1.29, 1.82) is 0 Å². The van der Waals surface area contributed by atoms with Gasteiger partial charge in [0.15, 0.2) is 0 Å². The first-order valence-corrected chi connectivity index (χ1v) is 10.8. The zero-order chi connectivity index (χ0) is 22.2. The van der Waals surface area contributed by atoms with Crippen LogP contribution in [0.15, 0.2) is 48.8 Å². The standard InChI is InChI=1S/C24H26N6O2/c1-16-12-22(30-24(27-16)25-15-26-30)28-8-10-29(11-9-28)23(31)17(2)18-4-5-20-14-21(32-3)7-6-19(20)13-18/h4-7,12-15,17H,8-11H2,1-3H3/t17-/m0/s1. The fraction of sp³-hybridized carbons (Fsp3) is 0.333. The van der Waals surface area contributed by atoms with Crippen molar-refractivity contribution in [2.45, 2.75) is 19.8 Å². The fourth-order valence-electron chi connectivity index (χ4n) is 4.35. The van der Waals surface area contributed by atoms with Gasteiger partial charge in [-0.2, -0.15) is 14.6 Å². The molecule has 5 rings (SSSR count). The quantitative estimate of drug-likeness (QED) is 0.495. The topological polar surface area (TPSA) is 75.9 Å². The maximum Gasteiger partial charge on any atom is 0.254 e. The Kier molecular flexibility index (Phi) is 5.13. The summed E-state index contributed by atoms with van der Waals surface area (Å²) < 4.78 is 7.07. The number of nitrogens with zero attached hydrogens (tertiary/aromatic N) is 6. The monoisotopic (exact) mass is 430 g/mol. The fourth-order valence-corrected chi connectivity index (χ4v) is 4.35. The number of carbonyl (C=O) groups excluding carboxylic acids is 1. The van der Waals surface area contributed by atoms with E-state index >= 15 is 0 Å². The molecule has 0 radical (unpaired) electrons. The molecular formula is C24H26N6O2. The molecule has 1 atom stereocenters. The smallest absolute Gasteiger partial charge is 0.254 e. The zero-order valence-electron chi connectivity index (χ0n) is 18.5. The zero-order valence-corrected chi connectivity index (χ0v) is 18.5. The molecule has 0 spiro atoms. The first kappa shape index (κ1) is 20.2. The molecule has 1 fully saturated rings. The number of fused-ring (bicyclic) bond motifs is 2. The predicted octanol–water partition coefficient (Wildman–Crippen LogP) is 3.05. The lowest BCUT2D eigenvalue weighted by atomic mass is 9.96. The van der Waals surface area contributed by atoms with Crippen molar-refractivity contribution in [1.82, 2.24) is 24.5 Å². The molecule has 2 aromatic carbocycles. The number of ether oxygens (including phenoxy) is 1. The van der Waals surface area contributed by atoms with Gasteiger partial charge < -0.3 is 14.5 Å². The van der Waals surface area contributed by atoms with Gasteiger partial charge >= 0.3 is 0 Å². The van der Waals surface area contributed by atoms with E-state index in [1.54, 1.807) is 11.6 Å². The molecule has 164 valence electrons. The number of anilines is 1. The number of aryl methyl sites for hydroxylation is 1. The number of amides is 1. The van der Waals surface area contributed by atoms with Crippen LogP contribution in [-0.2, 0) is 4.79 Å². The number of carbonyl (C=O) groups is 1. The molecule has 1 saturated heterocycles. The molecule has 1 aliphatic heterocycles. The van der Waals surface area contributed by atoms with E-state index in [9.17, 15) is 4.79 Å². The molecule has 8 heteroatoms. The average molecular weight is 431 g/mol. The van der Waals surface area contributed by atoms with Crippen LogP contribution in [0.25, 0.3) is 16.6 Å². The number of aromatic nitrogens is 4. The Morgan fingerprint density at radius 3 is 2.56 bits per heavy atom. The summed E-state index contributed by atoms with van der Waals surface area (Å²) in [6.07, 6.45) is 1.52. The molecule has 0 N–H and O–H groups in total. The van der Waals surface area contributed by atoms with E-state index in [1.165, 1.54) is 6.33 Å². The minimum atomic E-state index is -0.196. The number of piperazine rings is 1. The minimum Gasteiger partial charge on any atom is -0.497 e. The summed E-state index contributed by atoms with van der Waals surface area (Å²) in [6, 6.07) is 14.2. The molecule has 2 aromatic heterocycles. The highest BCUT2D eigenvalue weighted by atomic mass is 16.5. The number of hydrogen-bond acceptors (Lipinski definition) is 6. The van der Waals surface area contributed by atoms with Crippen LogP contribution in [0.3, 0.4) is 0 Å². The predicted molar refractivity (Wildman–Crippen MR) is 123 cm³/mol. The maximum absolute atomic E-state index is 13.3. The third-order valence-electron chi connectivity index (χ3n) is 6.22. The van der Waals surface area contributed by atoms with Gasteiger partial charge in [0.1, 0.15) is 17.9 Å². The van der Waals surface area contributed by atoms with Crippen molar-refractivity contribution < 1.29 is 9.53 Å². The Balaban J connectivity index is 1.29. The summed E-state index contributed by atoms with van der Waals surface area (Å²) in [4.78, 5) is 26.1. The first-order chi connectivity index (χ1) is 15.5. The van der Waals surface area contributed by atoms with Gasteiger partial charge in [0.05, 0.1) is 13.0 Å². The van der Waals surface area contributed by atoms with E-state index in [1.807, 2.05) is 49.1 Å². The summed E-state index contributed by atoms with van der Waals surface area (Å²) in [6.45, 7) is 6.78. The number of methoxy groups -OCH3 is 1. The van der Waals surface area contributed by atoms with Crippen molar-refractivity contribution in [2.75, 3.05) is 38.2 Å². The van der Waals surface area contributed by atoms with Crippen molar-refractivity contribution >= 4 is 28.3 Å². The number of benzene rings is 2. The van der Waals surface area contributed by atoms with Gasteiger partial charge in [-0.25, -0.2) is 4.98 Å². The molecule has 32 heavy (non-hydrogen) atoms. The van der Waals surface area contributed by atoms with Gasteiger partial charge in [-0.1, -0.05) is 24.3 Å². The molecule has 1 aliphatic rings. The van der Waals surface area contributed by atoms with Crippen LogP contribution in [0.1, 0.15) is 24.1 Å². The second-order valence-electron chi connectivity index (χ2n) is 8.23. The SMILES string of the molecule is COc1ccc2cc([C@H](C)C(=O)N3CCN(c4cc(C)nc5ncnn45)CC3)ccc2c1. The maximum atomic E-state index is 13.3.